The number of aromatic nitrogens is 1. The third kappa shape index (κ3) is 3.57. The third-order valence-corrected chi connectivity index (χ3v) is 3.68. The van der Waals surface area contributed by atoms with Crippen LogP contribution < -0.4 is 16.0 Å². The first kappa shape index (κ1) is 15.7. The van der Waals surface area contributed by atoms with Crippen molar-refractivity contribution in [1.82, 2.24) is 15.6 Å². The average Bonchev–Trinajstić information content (AvgIpc) is 2.71. The predicted molar refractivity (Wildman–Crippen MR) is 87.0 cm³/mol. The van der Waals surface area contributed by atoms with Crippen molar-refractivity contribution in [3.63, 3.8) is 0 Å². The van der Waals surface area contributed by atoms with Crippen molar-refractivity contribution in [2.45, 2.75) is 19.0 Å². The number of nitrogens with one attached hydrogen (secondary N) is 3. The Morgan fingerprint density at radius 3 is 2.67 bits per heavy atom. The molecule has 24 heavy (non-hydrogen) atoms. The summed E-state index contributed by atoms with van der Waals surface area (Å²) in [5, 5.41) is 7.99. The summed E-state index contributed by atoms with van der Waals surface area (Å²) >= 11 is 0. The summed E-state index contributed by atoms with van der Waals surface area (Å²) < 4.78 is 0. The van der Waals surface area contributed by atoms with Crippen LogP contribution in [0.5, 0.6) is 0 Å². The van der Waals surface area contributed by atoms with Gasteiger partial charge in [-0.2, -0.15) is 0 Å². The van der Waals surface area contributed by atoms with Crippen LogP contribution in [0.3, 0.4) is 0 Å². The molecule has 3 amide bonds. The molecule has 0 aliphatic carbocycles. The fourth-order valence-electron chi connectivity index (χ4n) is 2.41. The summed E-state index contributed by atoms with van der Waals surface area (Å²) in [6.07, 6.45) is 3.14. The van der Waals surface area contributed by atoms with Gasteiger partial charge in [-0.15, -0.1) is 0 Å². The second-order valence-electron chi connectivity index (χ2n) is 5.40. The van der Waals surface area contributed by atoms with Gasteiger partial charge in [-0.25, -0.2) is 0 Å². The summed E-state index contributed by atoms with van der Waals surface area (Å²) in [6.45, 7) is 0.337. The van der Waals surface area contributed by atoms with Gasteiger partial charge in [-0.3, -0.25) is 19.4 Å². The van der Waals surface area contributed by atoms with Gasteiger partial charge in [0.15, 0.2) is 0 Å². The van der Waals surface area contributed by atoms with Gasteiger partial charge in [0.05, 0.1) is 17.7 Å². The van der Waals surface area contributed by atoms with Crippen LogP contribution >= 0.6 is 0 Å². The first-order chi connectivity index (χ1) is 11.6. The largest absolute Gasteiger partial charge is 0.352 e. The van der Waals surface area contributed by atoms with E-state index in [-0.39, 0.29) is 18.2 Å². The number of hydrogen-bond acceptors (Lipinski definition) is 4. The minimum Gasteiger partial charge on any atom is -0.352 e. The Balaban J connectivity index is 1.62. The molecule has 1 unspecified atom stereocenters. The van der Waals surface area contributed by atoms with Crippen molar-refractivity contribution >= 4 is 23.4 Å². The number of hydrogen-bond donors (Lipinski definition) is 3. The van der Waals surface area contributed by atoms with Crippen LogP contribution in [0, 0.1) is 0 Å². The highest BCUT2D eigenvalue weighted by Crippen LogP contribution is 2.18. The van der Waals surface area contributed by atoms with Crippen molar-refractivity contribution in [2.24, 2.45) is 0 Å². The first-order valence-electron chi connectivity index (χ1n) is 7.50. The van der Waals surface area contributed by atoms with Crippen LogP contribution in [0.2, 0.25) is 0 Å². The smallest absolute Gasteiger partial charge is 0.254 e. The zero-order chi connectivity index (χ0) is 16.9. The maximum Gasteiger partial charge on any atom is 0.254 e. The van der Waals surface area contributed by atoms with E-state index in [0.29, 0.717) is 17.8 Å². The van der Waals surface area contributed by atoms with E-state index in [2.05, 4.69) is 20.9 Å². The number of benzene rings is 1. The molecule has 1 aromatic carbocycles. The van der Waals surface area contributed by atoms with Gasteiger partial charge >= 0.3 is 0 Å². The zero-order valence-corrected chi connectivity index (χ0v) is 12.8. The highest BCUT2D eigenvalue weighted by molar-refractivity contribution is 6.10. The Morgan fingerprint density at radius 1 is 1.12 bits per heavy atom. The van der Waals surface area contributed by atoms with Gasteiger partial charge in [0.2, 0.25) is 11.8 Å². The molecule has 1 aliphatic rings. The highest BCUT2D eigenvalue weighted by atomic mass is 16.2. The Morgan fingerprint density at radius 2 is 1.88 bits per heavy atom. The Hall–Kier alpha value is -3.22. The Kier molecular flexibility index (Phi) is 4.51. The van der Waals surface area contributed by atoms with E-state index < -0.39 is 11.9 Å². The molecule has 2 aromatic rings. The number of amides is 3. The molecule has 1 atom stereocenters. The van der Waals surface area contributed by atoms with Gasteiger partial charge in [0, 0.05) is 18.9 Å². The van der Waals surface area contributed by atoms with E-state index >= 15 is 0 Å². The van der Waals surface area contributed by atoms with E-state index in [1.54, 1.807) is 48.8 Å². The molecule has 1 aliphatic heterocycles. The molecule has 1 aromatic heterocycles. The van der Waals surface area contributed by atoms with Crippen molar-refractivity contribution in [1.29, 1.82) is 0 Å². The molecular weight excluding hydrogens is 308 g/mol. The van der Waals surface area contributed by atoms with E-state index in [9.17, 15) is 14.4 Å². The molecular formula is C17H16N4O3. The maximum absolute atomic E-state index is 12.2. The van der Waals surface area contributed by atoms with Gasteiger partial charge < -0.3 is 16.0 Å². The number of nitrogens with zero attached hydrogens (tertiary/aromatic N) is 1. The van der Waals surface area contributed by atoms with Crippen molar-refractivity contribution in [3.8, 4) is 0 Å². The topological polar surface area (TPSA) is 100 Å². The van der Waals surface area contributed by atoms with Crippen LogP contribution in [0.25, 0.3) is 0 Å². The molecule has 0 fully saturated rings. The monoisotopic (exact) mass is 324 g/mol. The second-order valence-corrected chi connectivity index (χ2v) is 5.40. The molecule has 0 saturated heterocycles. The first-order valence-corrected chi connectivity index (χ1v) is 7.50. The summed E-state index contributed by atoms with van der Waals surface area (Å²) in [5.74, 6) is -1.11. The molecule has 0 bridgehead atoms. The molecule has 0 radical (unpaired) electrons. The number of carbonyl (C=O) groups excluding carboxylic acids is 3. The van der Waals surface area contributed by atoms with E-state index in [4.69, 9.17) is 0 Å². The maximum atomic E-state index is 12.2. The van der Waals surface area contributed by atoms with Crippen LogP contribution in [0.15, 0.2) is 48.8 Å². The molecule has 7 nitrogen and oxygen atoms in total. The fraction of sp³-hybridized carbons (Fsp3) is 0.176. The highest BCUT2D eigenvalue weighted by Gasteiger charge is 2.29. The molecule has 2 heterocycles. The van der Waals surface area contributed by atoms with Gasteiger partial charge in [0.25, 0.3) is 5.91 Å². The van der Waals surface area contributed by atoms with E-state index in [1.165, 1.54) is 0 Å². The number of anilines is 1. The number of carbonyl (C=O) groups is 3. The lowest BCUT2D eigenvalue weighted by Crippen LogP contribution is -2.44. The second kappa shape index (κ2) is 6.91. The third-order valence-electron chi connectivity index (χ3n) is 3.68. The normalized spacial score (nSPS) is 16.4. The van der Waals surface area contributed by atoms with E-state index in [0.717, 1.165) is 5.56 Å². The summed E-state index contributed by atoms with van der Waals surface area (Å²) in [6, 6.07) is 9.38. The lowest BCUT2D eigenvalue weighted by molar-refractivity contribution is -0.125. The minimum absolute atomic E-state index is 0.128. The van der Waals surface area contributed by atoms with Crippen molar-refractivity contribution in [2.75, 3.05) is 5.32 Å². The summed E-state index contributed by atoms with van der Waals surface area (Å²) in [5.41, 5.74) is 1.73. The van der Waals surface area contributed by atoms with E-state index in [1.807, 2.05) is 0 Å². The van der Waals surface area contributed by atoms with Gasteiger partial charge in [-0.1, -0.05) is 12.1 Å². The van der Waals surface area contributed by atoms with Crippen molar-refractivity contribution < 1.29 is 14.4 Å². The molecule has 7 heteroatoms. The van der Waals surface area contributed by atoms with Crippen molar-refractivity contribution in [3.05, 3.63) is 59.9 Å². The molecule has 0 spiro atoms. The zero-order valence-electron chi connectivity index (χ0n) is 12.8. The fourth-order valence-corrected chi connectivity index (χ4v) is 2.41. The van der Waals surface area contributed by atoms with Gasteiger partial charge in [-0.05, 0) is 29.8 Å². The average molecular weight is 324 g/mol. The lowest BCUT2D eigenvalue weighted by Gasteiger charge is -2.14. The van der Waals surface area contributed by atoms with Crippen LogP contribution in [-0.2, 0) is 16.1 Å². The Bertz CT molecular complexity index is 776. The quantitative estimate of drug-likeness (QED) is 0.776. The van der Waals surface area contributed by atoms with Gasteiger partial charge in [0.1, 0.15) is 6.04 Å². The molecule has 122 valence electrons. The predicted octanol–water partition coefficient (Wildman–Crippen LogP) is 0.839. The molecule has 3 N–H and O–H groups in total. The number of fused-ring (bicyclic) bond motifs is 1. The molecule has 0 saturated carbocycles. The van der Waals surface area contributed by atoms with Crippen LogP contribution in [0.4, 0.5) is 5.69 Å². The standard InChI is InChI=1S/C17H16N4O3/c22-15(19-10-11-5-7-18-8-6-11)9-14-17(24)20-13-4-2-1-3-12(13)16(23)21-14/h1-8,14H,9-10H2,(H,19,22)(H,20,24)(H,21,23). The summed E-state index contributed by atoms with van der Waals surface area (Å²) in [4.78, 5) is 40.4. The minimum atomic E-state index is -0.914. The number of pyridine rings is 1. The summed E-state index contributed by atoms with van der Waals surface area (Å²) in [7, 11) is 0. The SMILES string of the molecule is O=C(CC1NC(=O)c2ccccc2NC1=O)NCc1ccncc1. The van der Waals surface area contributed by atoms with Crippen LogP contribution in [0.1, 0.15) is 22.3 Å². The number of para-hydroxylation sites is 1. The Labute approximate surface area is 138 Å². The molecule has 3 rings (SSSR count). The van der Waals surface area contributed by atoms with Crippen LogP contribution in [-0.4, -0.2) is 28.7 Å². The lowest BCUT2D eigenvalue weighted by atomic mass is 10.1. The number of rotatable bonds is 4.